The largest absolute Gasteiger partial charge is 0.494 e. The number of hydrogen-bond acceptors (Lipinski definition) is 7. The molecule has 0 amide bonds. The Morgan fingerprint density at radius 1 is 0.609 bits per heavy atom. The molecule has 0 bridgehead atoms. The topological polar surface area (TPSA) is 72.5 Å². The van der Waals surface area contributed by atoms with Crippen LogP contribution in [0.2, 0.25) is 0 Å². The van der Waals surface area contributed by atoms with Crippen LogP contribution in [-0.2, 0) is 30.9 Å². The van der Waals surface area contributed by atoms with Crippen LogP contribution in [-0.4, -0.2) is 39.0 Å². The molecule has 0 aromatic heterocycles. The van der Waals surface area contributed by atoms with E-state index in [0.29, 0.717) is 57.0 Å². The van der Waals surface area contributed by atoms with Crippen molar-refractivity contribution < 1.29 is 33.8 Å². The van der Waals surface area contributed by atoms with Crippen molar-refractivity contribution in [2.45, 2.75) is 90.6 Å². The van der Waals surface area contributed by atoms with Crippen LogP contribution in [0.25, 0.3) is 0 Å². The van der Waals surface area contributed by atoms with Gasteiger partial charge in [0.2, 0.25) is 0 Å². The van der Waals surface area contributed by atoms with Crippen LogP contribution in [0.4, 0.5) is 0 Å². The second-order valence-corrected chi connectivity index (χ2v) is 12.4. The summed E-state index contributed by atoms with van der Waals surface area (Å²) in [5.74, 6) is 1.86. The van der Waals surface area contributed by atoms with E-state index in [4.69, 9.17) is 29.0 Å². The molecule has 0 atom stereocenters. The van der Waals surface area contributed by atoms with Gasteiger partial charge in [0.05, 0.1) is 38.6 Å². The highest BCUT2D eigenvalue weighted by molar-refractivity contribution is 5.89. The van der Waals surface area contributed by atoms with E-state index in [9.17, 15) is 4.79 Å². The van der Waals surface area contributed by atoms with E-state index in [-0.39, 0.29) is 5.97 Å². The summed E-state index contributed by atoms with van der Waals surface area (Å²) in [5, 5.41) is 0. The van der Waals surface area contributed by atoms with Crippen LogP contribution in [0.1, 0.15) is 103 Å². The molecule has 7 nitrogen and oxygen atoms in total. The number of carbonyl (C=O) groups is 1. The van der Waals surface area contributed by atoms with E-state index < -0.39 is 0 Å². The molecule has 0 spiro atoms. The first-order valence-electron chi connectivity index (χ1n) is 17.1. The highest BCUT2D eigenvalue weighted by Gasteiger charge is 2.22. The lowest BCUT2D eigenvalue weighted by atomic mass is 9.79. The van der Waals surface area contributed by atoms with E-state index in [1.165, 1.54) is 36.8 Å². The van der Waals surface area contributed by atoms with E-state index >= 15 is 0 Å². The molecule has 1 aliphatic rings. The van der Waals surface area contributed by atoms with Crippen molar-refractivity contribution in [1.29, 1.82) is 0 Å². The third-order valence-corrected chi connectivity index (χ3v) is 8.55. The molecular weight excluding hydrogens is 580 g/mol. The first-order valence-corrected chi connectivity index (χ1v) is 17.1. The van der Waals surface area contributed by atoms with Crippen molar-refractivity contribution in [2.75, 3.05) is 33.0 Å². The van der Waals surface area contributed by atoms with Gasteiger partial charge in [0.1, 0.15) is 12.4 Å². The Hall–Kier alpha value is -3.23. The highest BCUT2D eigenvalue weighted by Crippen LogP contribution is 2.36. The van der Waals surface area contributed by atoms with Gasteiger partial charge in [-0.2, -0.15) is 0 Å². The second kappa shape index (κ2) is 20.8. The molecule has 1 aliphatic carbocycles. The average molecular weight is 633 g/mol. The Bertz CT molecular complexity index is 1230. The smallest absolute Gasteiger partial charge is 0.338 e. The number of ether oxygens (including phenoxy) is 2. The van der Waals surface area contributed by atoms with Crippen LogP contribution in [0.5, 0.6) is 5.75 Å². The molecule has 3 aromatic rings. The summed E-state index contributed by atoms with van der Waals surface area (Å²) >= 11 is 0. The summed E-state index contributed by atoms with van der Waals surface area (Å²) in [6.45, 7) is 7.41. The maximum Gasteiger partial charge on any atom is 0.338 e. The first kappa shape index (κ1) is 35.6. The number of aryl methyl sites for hydroxylation is 2. The molecule has 1 fully saturated rings. The monoisotopic (exact) mass is 632 g/mol. The zero-order valence-corrected chi connectivity index (χ0v) is 27.8. The Labute approximate surface area is 275 Å². The number of unbranched alkanes of at least 4 members (excludes halogenated alkanes) is 4. The molecule has 0 aliphatic heterocycles. The van der Waals surface area contributed by atoms with Crippen molar-refractivity contribution in [2.24, 2.45) is 5.92 Å². The molecule has 3 aromatic carbocycles. The minimum absolute atomic E-state index is 0.263. The average Bonchev–Trinajstić information content (AvgIpc) is 3.08. The normalized spacial score (nSPS) is 16.3. The van der Waals surface area contributed by atoms with Gasteiger partial charge in [0.15, 0.2) is 0 Å². The zero-order valence-electron chi connectivity index (χ0n) is 27.8. The lowest BCUT2D eigenvalue weighted by Gasteiger charge is -2.28. The van der Waals surface area contributed by atoms with Crippen LogP contribution < -0.4 is 4.74 Å². The minimum atomic E-state index is -0.263. The maximum atomic E-state index is 12.0. The predicted molar refractivity (Wildman–Crippen MR) is 180 cm³/mol. The Kier molecular flexibility index (Phi) is 16.1. The lowest BCUT2D eigenvalue weighted by molar-refractivity contribution is -0.304. The summed E-state index contributed by atoms with van der Waals surface area (Å²) in [6.07, 6.45) is 10.4. The van der Waals surface area contributed by atoms with Crippen LogP contribution >= 0.6 is 0 Å². The Morgan fingerprint density at radius 3 is 1.89 bits per heavy atom. The van der Waals surface area contributed by atoms with Gasteiger partial charge in [-0.15, -0.1) is 0 Å². The van der Waals surface area contributed by atoms with E-state index in [1.807, 2.05) is 43.3 Å². The third-order valence-electron chi connectivity index (χ3n) is 8.55. The number of carbonyl (C=O) groups excluding carboxylic acids is 1. The van der Waals surface area contributed by atoms with Gasteiger partial charge in [-0.3, -0.25) is 0 Å². The van der Waals surface area contributed by atoms with Gasteiger partial charge >= 0.3 is 5.97 Å². The molecule has 0 radical (unpaired) electrons. The van der Waals surface area contributed by atoms with Gasteiger partial charge in [0, 0.05) is 0 Å². The number of benzene rings is 3. The van der Waals surface area contributed by atoms with Crippen molar-refractivity contribution in [3.63, 3.8) is 0 Å². The summed E-state index contributed by atoms with van der Waals surface area (Å²) in [7, 11) is 0. The predicted octanol–water partition coefficient (Wildman–Crippen LogP) is 9.25. The molecular formula is C39H52O7. The van der Waals surface area contributed by atoms with Crippen LogP contribution in [0.3, 0.4) is 0 Å². The highest BCUT2D eigenvalue weighted by atomic mass is 17.2. The van der Waals surface area contributed by atoms with Gasteiger partial charge in [-0.05, 0) is 119 Å². The zero-order chi connectivity index (χ0) is 32.2. The molecule has 0 unspecified atom stereocenters. The number of esters is 1. The molecule has 1 saturated carbocycles. The van der Waals surface area contributed by atoms with E-state index in [0.717, 1.165) is 55.4 Å². The maximum absolute atomic E-state index is 12.0. The summed E-state index contributed by atoms with van der Waals surface area (Å²) < 4.78 is 11.2. The molecule has 0 N–H and O–H groups in total. The molecule has 0 saturated heterocycles. The van der Waals surface area contributed by atoms with Gasteiger partial charge in [0.25, 0.3) is 0 Å². The summed E-state index contributed by atoms with van der Waals surface area (Å²) in [6, 6.07) is 24.3. The van der Waals surface area contributed by atoms with E-state index in [2.05, 4.69) is 31.2 Å². The second-order valence-electron chi connectivity index (χ2n) is 12.4. The fraction of sp³-hybridized carbons (Fsp3) is 0.513. The SMILES string of the molecule is Cc1ccc(C(=O)OCCCCCCOOCc2ccc(OCCCCOOCC3CCC(c4ccc(C)cc4)CC3)cc2)cc1. The quantitative estimate of drug-likeness (QED) is 0.0502. The molecule has 250 valence electrons. The van der Waals surface area contributed by atoms with Crippen LogP contribution in [0.15, 0.2) is 72.8 Å². The first-order chi connectivity index (χ1) is 22.6. The molecule has 4 rings (SSSR count). The summed E-state index contributed by atoms with van der Waals surface area (Å²) in [5.41, 5.74) is 5.55. The van der Waals surface area contributed by atoms with Crippen molar-refractivity contribution in [1.82, 2.24) is 0 Å². The fourth-order valence-electron chi connectivity index (χ4n) is 5.56. The van der Waals surface area contributed by atoms with Crippen LogP contribution in [0, 0.1) is 19.8 Å². The minimum Gasteiger partial charge on any atom is -0.494 e. The Morgan fingerprint density at radius 2 is 1.20 bits per heavy atom. The van der Waals surface area contributed by atoms with Crippen molar-refractivity contribution in [3.8, 4) is 5.75 Å². The summed E-state index contributed by atoms with van der Waals surface area (Å²) in [4.78, 5) is 33.6. The lowest BCUT2D eigenvalue weighted by Crippen LogP contribution is -2.18. The Balaban J connectivity index is 0.909. The van der Waals surface area contributed by atoms with E-state index in [1.54, 1.807) is 12.1 Å². The van der Waals surface area contributed by atoms with Crippen molar-refractivity contribution >= 4 is 5.97 Å². The van der Waals surface area contributed by atoms with Gasteiger partial charge in [-0.1, -0.05) is 66.1 Å². The molecule has 0 heterocycles. The third kappa shape index (κ3) is 13.6. The fourth-order valence-corrected chi connectivity index (χ4v) is 5.56. The number of hydrogen-bond donors (Lipinski definition) is 0. The number of rotatable bonds is 21. The molecule has 7 heteroatoms. The van der Waals surface area contributed by atoms with Gasteiger partial charge < -0.3 is 9.47 Å². The standard InChI is InChI=1S/C39H52O7/c1-31-9-17-35(18-10-31)36-21-13-33(14-22-36)29-45-44-28-8-7-25-41-38-23-15-34(16-24-38)30-46-43-27-6-4-3-5-26-42-39(40)37-19-11-32(2)12-20-37/h9-12,15-20,23-24,33,36H,3-8,13-14,21-22,25-30H2,1-2H3. The van der Waals surface area contributed by atoms with Gasteiger partial charge in [-0.25, -0.2) is 24.3 Å². The van der Waals surface area contributed by atoms with Crippen molar-refractivity contribution in [3.05, 3.63) is 101 Å². The molecule has 46 heavy (non-hydrogen) atoms.